The van der Waals surface area contributed by atoms with Crippen LogP contribution in [0.5, 0.6) is 0 Å². The Morgan fingerprint density at radius 1 is 1.35 bits per heavy atom. The molecule has 0 saturated carbocycles. The van der Waals surface area contributed by atoms with Crippen molar-refractivity contribution in [1.82, 2.24) is 9.88 Å². The lowest BCUT2D eigenvalue weighted by Gasteiger charge is -2.50. The summed E-state index contributed by atoms with van der Waals surface area (Å²) in [5, 5.41) is 4.71. The number of piperidine rings is 3. The maximum Gasteiger partial charge on any atom is 0.291 e. The smallest absolute Gasteiger partial charge is 0.291 e. The van der Waals surface area contributed by atoms with Crippen LogP contribution in [0.25, 0.3) is 10.2 Å². The average molecular weight is 349 g/mol. The molecule has 3 saturated heterocycles. The number of hydrogen-bond donors (Lipinski definition) is 1. The van der Waals surface area contributed by atoms with Gasteiger partial charge in [0, 0.05) is 12.5 Å². The van der Waals surface area contributed by atoms with Crippen molar-refractivity contribution in [2.45, 2.75) is 18.4 Å². The van der Waals surface area contributed by atoms with Crippen LogP contribution in [0.3, 0.4) is 0 Å². The molecule has 1 atom stereocenters. The standard InChI is InChI=1S/C16H17ClN4OS/c17-11-2-1-3-12-13(11)19-15(23-12)20-14-18-8-16(22-14)9-21-6-4-10(16)5-7-21/h1-3,10H,4-9H2,(H,18,19,20)/t16-/m1/s1. The van der Waals surface area contributed by atoms with Crippen LogP contribution in [0, 0.1) is 5.92 Å². The molecule has 0 radical (unpaired) electrons. The van der Waals surface area contributed by atoms with E-state index >= 15 is 0 Å². The van der Waals surface area contributed by atoms with Gasteiger partial charge in [0.15, 0.2) is 5.13 Å². The molecule has 23 heavy (non-hydrogen) atoms. The number of nitrogens with one attached hydrogen (secondary N) is 1. The van der Waals surface area contributed by atoms with Crippen LogP contribution in [0.4, 0.5) is 5.13 Å². The van der Waals surface area contributed by atoms with Crippen molar-refractivity contribution in [3.05, 3.63) is 23.2 Å². The maximum absolute atomic E-state index is 6.28. The fraction of sp³-hybridized carbons (Fsp3) is 0.500. The molecule has 1 aromatic carbocycles. The second-order valence-corrected chi connectivity index (χ2v) is 8.01. The number of rotatable bonds is 1. The zero-order chi connectivity index (χ0) is 15.4. The van der Waals surface area contributed by atoms with E-state index in [9.17, 15) is 0 Å². The summed E-state index contributed by atoms with van der Waals surface area (Å²) in [5.74, 6) is 0.625. The van der Waals surface area contributed by atoms with Gasteiger partial charge in [0.05, 0.1) is 16.3 Å². The molecule has 6 rings (SSSR count). The van der Waals surface area contributed by atoms with Gasteiger partial charge in [0.2, 0.25) is 0 Å². The molecule has 1 N–H and O–H groups in total. The average Bonchev–Trinajstić information content (AvgIpc) is 3.14. The van der Waals surface area contributed by atoms with Gasteiger partial charge in [-0.3, -0.25) is 10.2 Å². The number of fused-ring (bicyclic) bond motifs is 3. The molecule has 5 heterocycles. The Balaban J connectivity index is 1.36. The number of aliphatic imine (C=N–C) groups is 1. The van der Waals surface area contributed by atoms with Gasteiger partial charge >= 0.3 is 0 Å². The van der Waals surface area contributed by atoms with Crippen molar-refractivity contribution in [3.63, 3.8) is 0 Å². The molecule has 4 aliphatic heterocycles. The Kier molecular flexibility index (Phi) is 3.08. The minimum absolute atomic E-state index is 0.118. The van der Waals surface area contributed by atoms with Gasteiger partial charge in [-0.15, -0.1) is 0 Å². The normalized spacial score (nSPS) is 32.3. The molecular formula is C16H17ClN4OS. The number of benzene rings is 1. The van der Waals surface area contributed by atoms with Crippen molar-refractivity contribution >= 4 is 44.3 Å². The van der Waals surface area contributed by atoms with Gasteiger partial charge in [-0.2, -0.15) is 0 Å². The zero-order valence-electron chi connectivity index (χ0n) is 12.6. The molecule has 4 aliphatic rings. The summed E-state index contributed by atoms with van der Waals surface area (Å²) >= 11 is 7.77. The summed E-state index contributed by atoms with van der Waals surface area (Å²) in [6.07, 6.45) is 2.44. The minimum Gasteiger partial charge on any atom is -0.455 e. The highest BCUT2D eigenvalue weighted by Gasteiger charge is 2.51. The Morgan fingerprint density at radius 2 is 2.22 bits per heavy atom. The van der Waals surface area contributed by atoms with Crippen LogP contribution in [0.2, 0.25) is 5.02 Å². The predicted molar refractivity (Wildman–Crippen MR) is 93.5 cm³/mol. The lowest BCUT2D eigenvalue weighted by atomic mass is 9.75. The van der Waals surface area contributed by atoms with Crippen LogP contribution in [-0.2, 0) is 4.74 Å². The third-order valence-electron chi connectivity index (χ3n) is 5.20. The van der Waals surface area contributed by atoms with E-state index < -0.39 is 0 Å². The molecule has 120 valence electrons. The quantitative estimate of drug-likeness (QED) is 0.859. The molecule has 3 fully saturated rings. The molecule has 1 spiro atoms. The first-order valence-electron chi connectivity index (χ1n) is 8.00. The Labute approximate surface area is 143 Å². The monoisotopic (exact) mass is 348 g/mol. The van der Waals surface area contributed by atoms with E-state index in [0.29, 0.717) is 17.0 Å². The second kappa shape index (κ2) is 5.06. The number of nitrogens with zero attached hydrogens (tertiary/aromatic N) is 3. The summed E-state index contributed by atoms with van der Waals surface area (Å²) in [4.78, 5) is 11.7. The van der Waals surface area contributed by atoms with Crippen LogP contribution in [0.1, 0.15) is 12.8 Å². The van der Waals surface area contributed by atoms with E-state index in [0.717, 1.165) is 28.4 Å². The van der Waals surface area contributed by atoms with Gasteiger partial charge in [-0.1, -0.05) is 29.0 Å². The number of halogens is 1. The lowest BCUT2D eigenvalue weighted by Crippen LogP contribution is -2.61. The summed E-state index contributed by atoms with van der Waals surface area (Å²) in [7, 11) is 0. The summed E-state index contributed by atoms with van der Waals surface area (Å²) < 4.78 is 7.35. The molecule has 5 nitrogen and oxygen atoms in total. The third kappa shape index (κ3) is 2.23. The van der Waals surface area contributed by atoms with Crippen LogP contribution in [0.15, 0.2) is 23.2 Å². The van der Waals surface area contributed by atoms with Gasteiger partial charge < -0.3 is 4.74 Å². The fourth-order valence-electron chi connectivity index (χ4n) is 4.01. The van der Waals surface area contributed by atoms with E-state index in [-0.39, 0.29) is 5.60 Å². The predicted octanol–water partition coefficient (Wildman–Crippen LogP) is 3.21. The maximum atomic E-state index is 6.28. The first kappa shape index (κ1) is 14.0. The first-order valence-corrected chi connectivity index (χ1v) is 9.19. The molecule has 7 heteroatoms. The molecule has 0 aliphatic carbocycles. The minimum atomic E-state index is -0.118. The largest absolute Gasteiger partial charge is 0.455 e. The Morgan fingerprint density at radius 3 is 2.96 bits per heavy atom. The molecule has 0 amide bonds. The van der Waals surface area contributed by atoms with E-state index in [4.69, 9.17) is 16.3 Å². The summed E-state index contributed by atoms with van der Waals surface area (Å²) in [6, 6.07) is 6.43. The van der Waals surface area contributed by atoms with Crippen LogP contribution >= 0.6 is 22.9 Å². The SMILES string of the molecule is Clc1cccc2sc(NC3=NC[C@]4(CN5CCC4CC5)O3)nc12. The second-order valence-electron chi connectivity index (χ2n) is 6.57. The topological polar surface area (TPSA) is 49.8 Å². The van der Waals surface area contributed by atoms with Crippen LogP contribution in [-0.4, -0.2) is 47.7 Å². The van der Waals surface area contributed by atoms with E-state index in [1.54, 1.807) is 11.3 Å². The molecular weight excluding hydrogens is 332 g/mol. The van der Waals surface area contributed by atoms with Gasteiger partial charge in [-0.25, -0.2) is 9.98 Å². The zero-order valence-corrected chi connectivity index (χ0v) is 14.2. The van der Waals surface area contributed by atoms with Gasteiger partial charge in [-0.05, 0) is 38.1 Å². The molecule has 1 aromatic heterocycles. The van der Waals surface area contributed by atoms with E-state index in [1.807, 2.05) is 18.2 Å². The highest BCUT2D eigenvalue weighted by Crippen LogP contribution is 2.41. The number of anilines is 1. The van der Waals surface area contributed by atoms with Crippen molar-refractivity contribution in [1.29, 1.82) is 0 Å². The Bertz CT molecular complexity index is 798. The molecule has 0 unspecified atom stereocenters. The number of thiazole rings is 1. The van der Waals surface area contributed by atoms with E-state index in [2.05, 4.69) is 20.2 Å². The number of amidine groups is 1. The van der Waals surface area contributed by atoms with Crippen molar-refractivity contribution in [2.24, 2.45) is 10.9 Å². The fourth-order valence-corrected chi connectivity index (χ4v) is 5.16. The summed E-state index contributed by atoms with van der Waals surface area (Å²) in [6.45, 7) is 4.16. The van der Waals surface area contributed by atoms with Crippen LogP contribution < -0.4 is 5.32 Å². The third-order valence-corrected chi connectivity index (χ3v) is 6.44. The first-order chi connectivity index (χ1) is 11.2. The number of ether oxygens (including phenoxy) is 1. The Hall–Kier alpha value is -1.37. The van der Waals surface area contributed by atoms with Gasteiger partial charge in [0.1, 0.15) is 11.1 Å². The van der Waals surface area contributed by atoms with E-state index in [1.165, 1.54) is 25.9 Å². The van der Waals surface area contributed by atoms with Crippen molar-refractivity contribution < 1.29 is 4.74 Å². The van der Waals surface area contributed by atoms with Crippen molar-refractivity contribution in [3.8, 4) is 0 Å². The molecule has 2 bridgehead atoms. The van der Waals surface area contributed by atoms with Crippen molar-refractivity contribution in [2.75, 3.05) is 31.5 Å². The highest BCUT2D eigenvalue weighted by atomic mass is 35.5. The summed E-state index contributed by atoms with van der Waals surface area (Å²) in [5.41, 5.74) is 0.713. The highest BCUT2D eigenvalue weighted by molar-refractivity contribution is 7.22. The molecule has 2 aromatic rings. The lowest BCUT2D eigenvalue weighted by molar-refractivity contribution is -0.0829. The number of para-hydroxylation sites is 1. The van der Waals surface area contributed by atoms with Gasteiger partial charge in [0.25, 0.3) is 6.02 Å². The number of aromatic nitrogens is 1. The number of hydrogen-bond acceptors (Lipinski definition) is 6.